The first-order valence-corrected chi connectivity index (χ1v) is 9.27. The van der Waals surface area contributed by atoms with E-state index in [0.717, 1.165) is 11.6 Å². The number of benzene rings is 2. The lowest BCUT2D eigenvalue weighted by atomic mass is 9.97. The number of ether oxygens (including phenoxy) is 1. The third kappa shape index (κ3) is 3.70. The van der Waals surface area contributed by atoms with Crippen LogP contribution in [0.4, 0.5) is 8.78 Å². The first kappa shape index (κ1) is 19.0. The number of methoxy groups -OCH3 is 1. The van der Waals surface area contributed by atoms with Crippen LogP contribution in [0.25, 0.3) is 11.4 Å². The van der Waals surface area contributed by atoms with Crippen molar-refractivity contribution in [3.05, 3.63) is 65.7 Å². The Hall–Kier alpha value is -3.29. The molecule has 2 heterocycles. The lowest BCUT2D eigenvalue weighted by Gasteiger charge is -2.16. The summed E-state index contributed by atoms with van der Waals surface area (Å²) in [5.74, 6) is -0.537. The Balaban J connectivity index is 1.54. The molecule has 0 bridgehead atoms. The maximum atomic E-state index is 14.0. The third-order valence-corrected chi connectivity index (χ3v) is 5.21. The molecule has 1 aliphatic rings. The van der Waals surface area contributed by atoms with Gasteiger partial charge in [0.25, 0.3) is 5.91 Å². The molecule has 1 aromatic heterocycles. The second-order valence-corrected chi connectivity index (χ2v) is 6.99. The number of rotatable bonds is 5. The summed E-state index contributed by atoms with van der Waals surface area (Å²) in [6, 6.07) is 13.5. The van der Waals surface area contributed by atoms with Gasteiger partial charge in [-0.3, -0.25) is 14.3 Å². The second-order valence-electron chi connectivity index (χ2n) is 6.99. The topological polar surface area (TPSA) is 71.1 Å². The Morgan fingerprint density at radius 3 is 2.72 bits per heavy atom. The smallest absolute Gasteiger partial charge is 0.253 e. The lowest BCUT2D eigenvalue weighted by molar-refractivity contribution is 0.0784. The normalized spacial score (nSPS) is 18.8. The van der Waals surface area contributed by atoms with E-state index in [-0.39, 0.29) is 36.2 Å². The maximum Gasteiger partial charge on any atom is 0.253 e. The zero-order valence-electron chi connectivity index (χ0n) is 15.8. The van der Waals surface area contributed by atoms with Gasteiger partial charge in [0.1, 0.15) is 5.82 Å². The number of nitrogens with zero attached hydrogens (tertiary/aromatic N) is 3. The summed E-state index contributed by atoms with van der Waals surface area (Å²) in [5.41, 5.74) is 1.05. The summed E-state index contributed by atoms with van der Waals surface area (Å²) in [5, 5.41) is 7.12. The number of likely N-dealkylation sites (tertiary alicyclic amines) is 1. The zero-order chi connectivity index (χ0) is 20.4. The van der Waals surface area contributed by atoms with Crippen molar-refractivity contribution in [2.75, 3.05) is 26.9 Å². The summed E-state index contributed by atoms with van der Waals surface area (Å²) >= 11 is 0. The molecule has 1 aliphatic heterocycles. The monoisotopic (exact) mass is 398 g/mol. The number of aromatic amines is 1. The molecule has 1 N–H and O–H groups in total. The third-order valence-electron chi connectivity index (χ3n) is 5.21. The quantitative estimate of drug-likeness (QED) is 0.715. The van der Waals surface area contributed by atoms with E-state index in [4.69, 9.17) is 4.74 Å². The highest BCUT2D eigenvalue weighted by Gasteiger charge is 2.38. The Morgan fingerprint density at radius 2 is 2.03 bits per heavy atom. The number of hydrogen-bond donors (Lipinski definition) is 1. The van der Waals surface area contributed by atoms with Crippen LogP contribution < -0.4 is 4.74 Å². The van der Waals surface area contributed by atoms with Gasteiger partial charge in [-0.15, -0.1) is 0 Å². The highest BCUT2D eigenvalue weighted by Crippen LogP contribution is 2.33. The minimum Gasteiger partial charge on any atom is -0.494 e. The fourth-order valence-corrected chi connectivity index (χ4v) is 3.64. The van der Waals surface area contributed by atoms with Crippen molar-refractivity contribution in [1.29, 1.82) is 0 Å². The minimum absolute atomic E-state index is 0.0672. The van der Waals surface area contributed by atoms with Crippen molar-refractivity contribution in [3.8, 4) is 17.1 Å². The number of hydrogen-bond acceptors (Lipinski definition) is 4. The standard InChI is InChI=1S/C21H20F2N4O2/c1-29-18-8-7-14(9-17(18)23)21(28)27-11-15(10-22)16(12-27)20-24-19(25-26-20)13-5-3-2-4-6-13/h2-9,15-16H,10-12H2,1H3,(H,24,25,26)/t15-,16-/m1/s1. The first-order valence-electron chi connectivity index (χ1n) is 9.27. The molecule has 0 unspecified atom stereocenters. The molecule has 2 atom stereocenters. The highest BCUT2D eigenvalue weighted by atomic mass is 19.1. The number of amides is 1. The molecule has 3 aromatic rings. The van der Waals surface area contributed by atoms with E-state index in [2.05, 4.69) is 15.2 Å². The van der Waals surface area contributed by atoms with Crippen LogP contribution in [0.1, 0.15) is 22.1 Å². The summed E-state index contributed by atoms with van der Waals surface area (Å²) in [7, 11) is 1.36. The SMILES string of the molecule is COc1ccc(C(=O)N2C[C@@H](CF)[C@H](c3nc(-c4ccccc4)n[nH]3)C2)cc1F. The van der Waals surface area contributed by atoms with Crippen molar-refractivity contribution >= 4 is 5.91 Å². The van der Waals surface area contributed by atoms with Crippen LogP contribution >= 0.6 is 0 Å². The molecule has 150 valence electrons. The van der Waals surface area contributed by atoms with E-state index >= 15 is 0 Å². The maximum absolute atomic E-state index is 14.0. The predicted molar refractivity (Wildman–Crippen MR) is 103 cm³/mol. The van der Waals surface area contributed by atoms with Gasteiger partial charge in [0.2, 0.25) is 0 Å². The molecule has 0 spiro atoms. The minimum atomic E-state index is -0.612. The molecular weight excluding hydrogens is 378 g/mol. The Bertz CT molecular complexity index is 1010. The number of nitrogens with one attached hydrogen (secondary N) is 1. The molecule has 1 amide bonds. The summed E-state index contributed by atoms with van der Waals surface area (Å²) < 4.78 is 32.5. The van der Waals surface area contributed by atoms with Gasteiger partial charge in [-0.05, 0) is 18.2 Å². The summed E-state index contributed by atoms with van der Waals surface area (Å²) in [6.45, 7) is -0.0771. The van der Waals surface area contributed by atoms with Gasteiger partial charge in [-0.2, -0.15) is 5.10 Å². The molecule has 0 aliphatic carbocycles. The van der Waals surface area contributed by atoms with Crippen molar-refractivity contribution < 1.29 is 18.3 Å². The van der Waals surface area contributed by atoms with Gasteiger partial charge in [0.15, 0.2) is 17.4 Å². The highest BCUT2D eigenvalue weighted by molar-refractivity contribution is 5.94. The number of aromatic nitrogens is 3. The molecule has 2 aromatic carbocycles. The molecule has 8 heteroatoms. The molecule has 6 nitrogen and oxygen atoms in total. The van der Waals surface area contributed by atoms with Crippen LogP contribution in [0.3, 0.4) is 0 Å². The van der Waals surface area contributed by atoms with Gasteiger partial charge in [0.05, 0.1) is 13.8 Å². The average molecular weight is 398 g/mol. The van der Waals surface area contributed by atoms with E-state index < -0.39 is 18.4 Å². The van der Waals surface area contributed by atoms with E-state index in [9.17, 15) is 13.6 Å². The number of H-pyrrole nitrogens is 1. The molecule has 1 fully saturated rings. The van der Waals surface area contributed by atoms with Gasteiger partial charge in [-0.1, -0.05) is 30.3 Å². The molecular formula is C21H20F2N4O2. The summed E-state index contributed by atoms with van der Waals surface area (Å²) in [6.07, 6.45) is 0. The van der Waals surface area contributed by atoms with Crippen molar-refractivity contribution in [1.82, 2.24) is 20.1 Å². The number of carbonyl (C=O) groups is 1. The molecule has 0 saturated carbocycles. The molecule has 1 saturated heterocycles. The number of halogens is 2. The fraction of sp³-hybridized carbons (Fsp3) is 0.286. The van der Waals surface area contributed by atoms with Gasteiger partial charge >= 0.3 is 0 Å². The van der Waals surface area contributed by atoms with Crippen molar-refractivity contribution in [2.45, 2.75) is 5.92 Å². The van der Waals surface area contributed by atoms with E-state index in [0.29, 0.717) is 11.6 Å². The largest absolute Gasteiger partial charge is 0.494 e. The van der Waals surface area contributed by atoms with Crippen LogP contribution in [0.15, 0.2) is 48.5 Å². The predicted octanol–water partition coefficient (Wildman–Crippen LogP) is 3.44. The van der Waals surface area contributed by atoms with Crippen LogP contribution in [-0.2, 0) is 0 Å². The van der Waals surface area contributed by atoms with Gasteiger partial charge in [0, 0.05) is 36.1 Å². The average Bonchev–Trinajstić information content (AvgIpc) is 3.41. The van der Waals surface area contributed by atoms with E-state index in [1.165, 1.54) is 24.1 Å². The van der Waals surface area contributed by atoms with Crippen molar-refractivity contribution in [2.24, 2.45) is 5.92 Å². The second kappa shape index (κ2) is 7.98. The Morgan fingerprint density at radius 1 is 1.24 bits per heavy atom. The lowest BCUT2D eigenvalue weighted by Crippen LogP contribution is -2.29. The van der Waals surface area contributed by atoms with E-state index in [1.807, 2.05) is 30.3 Å². The Kier molecular flexibility index (Phi) is 5.24. The van der Waals surface area contributed by atoms with Crippen LogP contribution in [-0.4, -0.2) is 52.9 Å². The van der Waals surface area contributed by atoms with Gasteiger partial charge < -0.3 is 9.64 Å². The molecule has 4 rings (SSSR count). The van der Waals surface area contributed by atoms with Crippen molar-refractivity contribution in [3.63, 3.8) is 0 Å². The number of carbonyl (C=O) groups excluding carboxylic acids is 1. The van der Waals surface area contributed by atoms with Crippen LogP contribution in [0.5, 0.6) is 5.75 Å². The Labute approximate surface area is 166 Å². The van der Waals surface area contributed by atoms with Crippen LogP contribution in [0, 0.1) is 11.7 Å². The summed E-state index contributed by atoms with van der Waals surface area (Å²) in [4.78, 5) is 18.9. The number of alkyl halides is 1. The van der Waals surface area contributed by atoms with E-state index in [1.54, 1.807) is 0 Å². The molecule has 29 heavy (non-hydrogen) atoms. The molecule has 0 radical (unpaired) electrons. The van der Waals surface area contributed by atoms with Gasteiger partial charge in [-0.25, -0.2) is 9.37 Å². The first-order chi connectivity index (χ1) is 14.1. The van der Waals surface area contributed by atoms with Crippen LogP contribution in [0.2, 0.25) is 0 Å². The zero-order valence-corrected chi connectivity index (χ0v) is 15.8. The fourth-order valence-electron chi connectivity index (χ4n) is 3.64.